The van der Waals surface area contributed by atoms with Crippen molar-refractivity contribution < 1.29 is 18.3 Å². The molecule has 4 rings (SSSR count). The number of halogens is 1. The van der Waals surface area contributed by atoms with Crippen LogP contribution in [-0.2, 0) is 11.3 Å². The Morgan fingerprint density at radius 3 is 2.75 bits per heavy atom. The van der Waals surface area contributed by atoms with Gasteiger partial charge in [-0.15, -0.1) is 11.3 Å². The van der Waals surface area contributed by atoms with Crippen molar-refractivity contribution in [1.29, 1.82) is 0 Å². The zero-order valence-electron chi connectivity index (χ0n) is 15.0. The summed E-state index contributed by atoms with van der Waals surface area (Å²) in [5.74, 6) is 1.08. The lowest BCUT2D eigenvalue weighted by Gasteiger charge is -2.14. The lowest BCUT2D eigenvalue weighted by Crippen LogP contribution is -2.35. The van der Waals surface area contributed by atoms with Gasteiger partial charge in [-0.05, 0) is 55.5 Å². The second-order valence-corrected chi connectivity index (χ2v) is 7.22. The first kappa shape index (κ1) is 18.2. The van der Waals surface area contributed by atoms with Crippen molar-refractivity contribution in [2.45, 2.75) is 19.6 Å². The minimum absolute atomic E-state index is 0.237. The van der Waals surface area contributed by atoms with E-state index in [1.165, 1.54) is 24.3 Å². The number of hydrogen-bond acceptors (Lipinski definition) is 5. The van der Waals surface area contributed by atoms with Crippen molar-refractivity contribution in [1.82, 2.24) is 10.3 Å². The van der Waals surface area contributed by atoms with E-state index in [9.17, 15) is 9.18 Å². The SMILES string of the molecule is CC(Oc1ccc(F)cc1)C(=O)NCc1ccc(-c2nc3ccccc3s2)o1. The van der Waals surface area contributed by atoms with Gasteiger partial charge in [0.05, 0.1) is 16.8 Å². The highest BCUT2D eigenvalue weighted by Gasteiger charge is 2.16. The van der Waals surface area contributed by atoms with Crippen LogP contribution in [0, 0.1) is 5.82 Å². The predicted octanol–water partition coefficient (Wildman–Crippen LogP) is 4.78. The van der Waals surface area contributed by atoms with Crippen LogP contribution in [-0.4, -0.2) is 17.0 Å². The highest BCUT2D eigenvalue weighted by molar-refractivity contribution is 7.21. The fourth-order valence-corrected chi connectivity index (χ4v) is 3.58. The molecule has 1 atom stereocenters. The largest absolute Gasteiger partial charge is 0.481 e. The third-order valence-corrected chi connectivity index (χ3v) is 5.15. The zero-order valence-corrected chi connectivity index (χ0v) is 15.8. The molecule has 0 fully saturated rings. The summed E-state index contributed by atoms with van der Waals surface area (Å²) in [5, 5.41) is 3.57. The molecule has 0 saturated carbocycles. The van der Waals surface area contributed by atoms with Crippen LogP contribution in [0.4, 0.5) is 4.39 Å². The molecule has 142 valence electrons. The number of para-hydroxylation sites is 1. The van der Waals surface area contributed by atoms with Gasteiger partial charge in [0.15, 0.2) is 16.9 Å². The van der Waals surface area contributed by atoms with Crippen molar-refractivity contribution >= 4 is 27.5 Å². The number of nitrogens with zero attached hydrogens (tertiary/aromatic N) is 1. The van der Waals surface area contributed by atoms with E-state index in [0.29, 0.717) is 17.3 Å². The monoisotopic (exact) mass is 396 g/mol. The van der Waals surface area contributed by atoms with Crippen LogP contribution in [0.2, 0.25) is 0 Å². The molecular formula is C21H17FN2O3S. The first-order valence-electron chi connectivity index (χ1n) is 8.73. The van der Waals surface area contributed by atoms with E-state index in [2.05, 4.69) is 10.3 Å². The molecule has 0 aliphatic carbocycles. The van der Waals surface area contributed by atoms with Crippen molar-refractivity contribution in [2.24, 2.45) is 0 Å². The highest BCUT2D eigenvalue weighted by atomic mass is 32.1. The fourth-order valence-electron chi connectivity index (χ4n) is 2.65. The number of carbonyl (C=O) groups excluding carboxylic acids is 1. The second-order valence-electron chi connectivity index (χ2n) is 6.18. The van der Waals surface area contributed by atoms with Crippen LogP contribution >= 0.6 is 11.3 Å². The molecule has 5 nitrogen and oxygen atoms in total. The van der Waals surface area contributed by atoms with E-state index in [1.807, 2.05) is 36.4 Å². The molecule has 1 amide bonds. The Labute approximate surface area is 164 Å². The second kappa shape index (κ2) is 7.82. The van der Waals surface area contributed by atoms with Crippen LogP contribution in [0.25, 0.3) is 21.0 Å². The third-order valence-electron chi connectivity index (χ3n) is 4.10. The van der Waals surface area contributed by atoms with Crippen LogP contribution in [0.1, 0.15) is 12.7 Å². The lowest BCUT2D eigenvalue weighted by molar-refractivity contribution is -0.127. The summed E-state index contributed by atoms with van der Waals surface area (Å²) in [7, 11) is 0. The Kier molecular flexibility index (Phi) is 5.08. The number of hydrogen-bond donors (Lipinski definition) is 1. The van der Waals surface area contributed by atoms with Gasteiger partial charge in [-0.3, -0.25) is 4.79 Å². The maximum absolute atomic E-state index is 12.9. The van der Waals surface area contributed by atoms with Crippen molar-refractivity contribution in [2.75, 3.05) is 0 Å². The highest BCUT2D eigenvalue weighted by Crippen LogP contribution is 2.31. The number of ether oxygens (including phenoxy) is 1. The number of fused-ring (bicyclic) bond motifs is 1. The zero-order chi connectivity index (χ0) is 19.5. The Morgan fingerprint density at radius 2 is 1.96 bits per heavy atom. The first-order valence-corrected chi connectivity index (χ1v) is 9.55. The van der Waals surface area contributed by atoms with Gasteiger partial charge in [0.1, 0.15) is 17.3 Å². The Morgan fingerprint density at radius 1 is 1.18 bits per heavy atom. The van der Waals surface area contributed by atoms with E-state index in [4.69, 9.17) is 9.15 Å². The molecule has 0 spiro atoms. The van der Waals surface area contributed by atoms with Gasteiger partial charge >= 0.3 is 0 Å². The number of furan rings is 1. The maximum atomic E-state index is 12.9. The Bertz CT molecular complexity index is 1070. The van der Waals surface area contributed by atoms with E-state index in [-0.39, 0.29) is 18.3 Å². The molecule has 2 aromatic carbocycles. The van der Waals surface area contributed by atoms with E-state index in [0.717, 1.165) is 15.2 Å². The summed E-state index contributed by atoms with van der Waals surface area (Å²) >= 11 is 1.56. The molecule has 4 aromatic rings. The molecule has 2 heterocycles. The molecule has 0 bridgehead atoms. The van der Waals surface area contributed by atoms with E-state index < -0.39 is 6.10 Å². The summed E-state index contributed by atoms with van der Waals surface area (Å²) in [4.78, 5) is 16.8. The van der Waals surface area contributed by atoms with Gasteiger partial charge in [-0.25, -0.2) is 9.37 Å². The lowest BCUT2D eigenvalue weighted by atomic mass is 10.3. The maximum Gasteiger partial charge on any atom is 0.261 e. The number of nitrogens with one attached hydrogen (secondary N) is 1. The quantitative estimate of drug-likeness (QED) is 0.509. The van der Waals surface area contributed by atoms with E-state index in [1.54, 1.807) is 18.3 Å². The number of amides is 1. The van der Waals surface area contributed by atoms with Crippen molar-refractivity contribution in [3.05, 3.63) is 72.2 Å². The van der Waals surface area contributed by atoms with Crippen LogP contribution in [0.15, 0.2) is 65.1 Å². The van der Waals surface area contributed by atoms with E-state index >= 15 is 0 Å². The van der Waals surface area contributed by atoms with Gasteiger partial charge < -0.3 is 14.5 Å². The van der Waals surface area contributed by atoms with Crippen molar-refractivity contribution in [3.63, 3.8) is 0 Å². The number of benzene rings is 2. The molecule has 7 heteroatoms. The van der Waals surface area contributed by atoms with Crippen molar-refractivity contribution in [3.8, 4) is 16.5 Å². The van der Waals surface area contributed by atoms with Gasteiger partial charge in [-0.1, -0.05) is 12.1 Å². The summed E-state index contributed by atoms with van der Waals surface area (Å²) in [5.41, 5.74) is 0.931. The molecule has 0 aliphatic heterocycles. The molecule has 0 radical (unpaired) electrons. The molecule has 0 saturated heterocycles. The number of carbonyl (C=O) groups is 1. The van der Waals surface area contributed by atoms with Crippen LogP contribution in [0.5, 0.6) is 5.75 Å². The van der Waals surface area contributed by atoms with Crippen LogP contribution in [0.3, 0.4) is 0 Å². The number of thiazole rings is 1. The standard InChI is InChI=1S/C21H17FN2O3S/c1-13(26-15-8-6-14(22)7-9-15)20(25)23-12-16-10-11-18(27-16)21-24-17-4-2-3-5-19(17)28-21/h2-11,13H,12H2,1H3,(H,23,25). The summed E-state index contributed by atoms with van der Waals surface area (Å²) in [6.07, 6.45) is -0.718. The number of aromatic nitrogens is 1. The normalized spacial score (nSPS) is 12.1. The first-order chi connectivity index (χ1) is 13.6. The van der Waals surface area contributed by atoms with Gasteiger partial charge in [-0.2, -0.15) is 0 Å². The molecular weight excluding hydrogens is 379 g/mol. The summed E-state index contributed by atoms with van der Waals surface area (Å²) in [6, 6.07) is 17.1. The topological polar surface area (TPSA) is 64.4 Å². The Hall–Kier alpha value is -3.19. The molecule has 1 unspecified atom stereocenters. The van der Waals surface area contributed by atoms with Crippen LogP contribution < -0.4 is 10.1 Å². The third kappa shape index (κ3) is 4.04. The molecule has 2 aromatic heterocycles. The van der Waals surface area contributed by atoms with Gasteiger partial charge in [0, 0.05) is 0 Å². The molecule has 0 aliphatic rings. The predicted molar refractivity (Wildman–Crippen MR) is 106 cm³/mol. The summed E-state index contributed by atoms with van der Waals surface area (Å²) in [6.45, 7) is 1.87. The average Bonchev–Trinajstić information content (AvgIpc) is 3.34. The molecule has 28 heavy (non-hydrogen) atoms. The summed E-state index contributed by atoms with van der Waals surface area (Å²) < 4.78 is 25.3. The van der Waals surface area contributed by atoms with Gasteiger partial charge in [0.2, 0.25) is 0 Å². The minimum atomic E-state index is -0.718. The fraction of sp³-hybridized carbons (Fsp3) is 0.143. The average molecular weight is 396 g/mol. The minimum Gasteiger partial charge on any atom is -0.481 e. The smallest absolute Gasteiger partial charge is 0.261 e. The molecule has 1 N–H and O–H groups in total. The Balaban J connectivity index is 1.36. The van der Waals surface area contributed by atoms with Gasteiger partial charge in [0.25, 0.3) is 5.91 Å². The number of rotatable bonds is 6.